The normalized spacial score (nSPS) is 11.7. The number of rotatable bonds is 8. The topological polar surface area (TPSA) is 104 Å². The van der Waals surface area contributed by atoms with Gasteiger partial charge in [0.1, 0.15) is 11.5 Å². The Labute approximate surface area is 189 Å². The number of hydrogen-bond acceptors (Lipinski definition) is 6. The number of hydrogen-bond donors (Lipinski definition) is 1. The summed E-state index contributed by atoms with van der Waals surface area (Å²) in [5.41, 5.74) is 2.20. The molecule has 3 aromatic carbocycles. The second-order valence-corrected chi connectivity index (χ2v) is 7.33. The number of carbonyl (C=O) groups is 1. The molecule has 0 saturated carbocycles. The number of H-pyrrole nitrogens is 1. The average Bonchev–Trinajstić information content (AvgIpc) is 3.24. The maximum atomic E-state index is 13.1. The number of carbonyl (C=O) groups excluding carboxylic acids is 1. The molecule has 0 radical (unpaired) electrons. The number of fused-ring (bicyclic) bond motifs is 1. The summed E-state index contributed by atoms with van der Waals surface area (Å²) in [5.74, 6) is 0.383. The summed E-state index contributed by atoms with van der Waals surface area (Å²) in [6, 6.07) is 18.8. The van der Waals surface area contributed by atoms with Crippen LogP contribution in [0, 0.1) is 10.1 Å². The van der Waals surface area contributed by atoms with Crippen molar-refractivity contribution in [3.8, 4) is 11.5 Å². The number of benzene rings is 3. The second kappa shape index (κ2) is 9.44. The molecular weight excluding hydrogens is 424 g/mol. The molecule has 0 aliphatic heterocycles. The lowest BCUT2D eigenvalue weighted by Crippen LogP contribution is -2.16. The smallest absolute Gasteiger partial charge is 0.311 e. The molecule has 4 aromatic rings. The van der Waals surface area contributed by atoms with Gasteiger partial charge in [0, 0.05) is 28.7 Å². The van der Waals surface area contributed by atoms with Gasteiger partial charge in [-0.25, -0.2) is 0 Å². The Morgan fingerprint density at radius 1 is 1.00 bits per heavy atom. The zero-order valence-corrected chi connectivity index (χ0v) is 18.1. The van der Waals surface area contributed by atoms with E-state index < -0.39 is 17.0 Å². The van der Waals surface area contributed by atoms with Crippen LogP contribution in [0.25, 0.3) is 10.9 Å². The molecule has 0 amide bonds. The van der Waals surface area contributed by atoms with Crippen LogP contribution in [0.5, 0.6) is 11.5 Å². The van der Waals surface area contributed by atoms with Crippen molar-refractivity contribution >= 4 is 22.6 Å². The van der Waals surface area contributed by atoms with Crippen LogP contribution in [-0.4, -0.2) is 30.1 Å². The molecule has 168 valence electrons. The first-order valence-electron chi connectivity index (χ1n) is 10.2. The Balaban J connectivity index is 1.75. The second-order valence-electron chi connectivity index (χ2n) is 7.33. The minimum atomic E-state index is -1.07. The monoisotopic (exact) mass is 446 g/mol. The molecule has 1 heterocycles. The number of nitrogens with zero attached hydrogens (tertiary/aromatic N) is 1. The summed E-state index contributed by atoms with van der Waals surface area (Å²) in [6.07, 6.45) is 0.681. The van der Waals surface area contributed by atoms with Gasteiger partial charge in [0.15, 0.2) is 6.10 Å². The average molecular weight is 446 g/mol. The summed E-state index contributed by atoms with van der Waals surface area (Å²) in [7, 11) is 2.99. The number of nitro benzene ring substituents is 1. The van der Waals surface area contributed by atoms with E-state index >= 15 is 0 Å². The van der Waals surface area contributed by atoms with Gasteiger partial charge in [-0.05, 0) is 35.9 Å². The predicted molar refractivity (Wildman–Crippen MR) is 123 cm³/mol. The standard InChI is InChI=1S/C25H22N2O6/c1-31-17-11-12-23(32-2)20(14-17)25(19-8-4-6-10-22(19)27(29)30)33-24(28)13-16-15-26-21-9-5-3-7-18(16)21/h3-12,14-15,25-26H,13H2,1-2H3. The SMILES string of the molecule is COc1ccc(OC)c(C(OC(=O)Cc2c[nH]c3ccccc23)c2ccccc2[N+](=O)[O-])c1. The highest BCUT2D eigenvalue weighted by Gasteiger charge is 2.30. The number of nitro groups is 1. The van der Waals surface area contributed by atoms with E-state index in [1.54, 1.807) is 42.6 Å². The molecule has 1 N–H and O–H groups in total. The summed E-state index contributed by atoms with van der Waals surface area (Å²) in [6.45, 7) is 0. The van der Waals surface area contributed by atoms with Crippen LogP contribution in [0.2, 0.25) is 0 Å². The fourth-order valence-electron chi connectivity index (χ4n) is 3.82. The van der Waals surface area contributed by atoms with Gasteiger partial charge < -0.3 is 19.2 Å². The molecular formula is C25H22N2O6. The Morgan fingerprint density at radius 3 is 2.52 bits per heavy atom. The molecule has 1 aromatic heterocycles. The maximum absolute atomic E-state index is 13.1. The van der Waals surface area contributed by atoms with Crippen molar-refractivity contribution in [1.82, 2.24) is 4.98 Å². The van der Waals surface area contributed by atoms with Crippen molar-refractivity contribution in [2.45, 2.75) is 12.5 Å². The van der Waals surface area contributed by atoms with Crippen LogP contribution in [0.15, 0.2) is 72.9 Å². The van der Waals surface area contributed by atoms with Gasteiger partial charge in [-0.2, -0.15) is 0 Å². The number of ether oxygens (including phenoxy) is 3. The summed E-state index contributed by atoms with van der Waals surface area (Å²) >= 11 is 0. The summed E-state index contributed by atoms with van der Waals surface area (Å²) < 4.78 is 16.7. The van der Waals surface area contributed by atoms with Crippen LogP contribution in [-0.2, 0) is 16.0 Å². The van der Waals surface area contributed by atoms with Crippen LogP contribution in [0.3, 0.4) is 0 Å². The van der Waals surface area contributed by atoms with Crippen molar-refractivity contribution in [3.05, 3.63) is 99.7 Å². The number of para-hydroxylation sites is 2. The van der Waals surface area contributed by atoms with Crippen LogP contribution in [0.4, 0.5) is 5.69 Å². The Kier molecular flexibility index (Phi) is 6.26. The Morgan fingerprint density at radius 2 is 1.76 bits per heavy atom. The number of aromatic nitrogens is 1. The third kappa shape index (κ3) is 4.50. The molecule has 0 aliphatic carbocycles. The van der Waals surface area contributed by atoms with Gasteiger partial charge in [-0.1, -0.05) is 30.3 Å². The third-order valence-corrected chi connectivity index (χ3v) is 5.39. The molecule has 0 aliphatic rings. The number of aromatic amines is 1. The van der Waals surface area contributed by atoms with Crippen molar-refractivity contribution in [2.75, 3.05) is 14.2 Å². The Hall–Kier alpha value is -4.33. The molecule has 8 heteroatoms. The van der Waals surface area contributed by atoms with Gasteiger partial charge >= 0.3 is 5.97 Å². The molecule has 1 unspecified atom stereocenters. The number of nitrogens with one attached hydrogen (secondary N) is 1. The third-order valence-electron chi connectivity index (χ3n) is 5.39. The van der Waals surface area contributed by atoms with Crippen LogP contribution < -0.4 is 9.47 Å². The first-order chi connectivity index (χ1) is 16.0. The van der Waals surface area contributed by atoms with Gasteiger partial charge in [0.05, 0.1) is 31.1 Å². The minimum absolute atomic E-state index is 0.00652. The van der Waals surface area contributed by atoms with E-state index in [-0.39, 0.29) is 17.7 Å². The largest absolute Gasteiger partial charge is 0.497 e. The molecule has 4 rings (SSSR count). The van der Waals surface area contributed by atoms with E-state index in [4.69, 9.17) is 14.2 Å². The molecule has 0 fully saturated rings. The first kappa shape index (κ1) is 21.9. The van der Waals surface area contributed by atoms with E-state index in [1.165, 1.54) is 20.3 Å². The van der Waals surface area contributed by atoms with Crippen molar-refractivity contribution in [1.29, 1.82) is 0 Å². The van der Waals surface area contributed by atoms with E-state index in [0.717, 1.165) is 16.5 Å². The van der Waals surface area contributed by atoms with Gasteiger partial charge in [0.2, 0.25) is 0 Å². The van der Waals surface area contributed by atoms with Crippen molar-refractivity contribution in [2.24, 2.45) is 0 Å². The van der Waals surface area contributed by atoms with E-state index in [9.17, 15) is 14.9 Å². The minimum Gasteiger partial charge on any atom is -0.497 e. The highest BCUT2D eigenvalue weighted by molar-refractivity contribution is 5.87. The molecule has 1 atom stereocenters. The fraction of sp³-hybridized carbons (Fsp3) is 0.160. The van der Waals surface area contributed by atoms with Crippen LogP contribution in [0.1, 0.15) is 22.8 Å². The fourth-order valence-corrected chi connectivity index (χ4v) is 3.82. The van der Waals surface area contributed by atoms with E-state index in [2.05, 4.69) is 4.98 Å². The Bertz CT molecular complexity index is 1310. The number of methoxy groups -OCH3 is 2. The molecule has 33 heavy (non-hydrogen) atoms. The molecule has 0 spiro atoms. The van der Waals surface area contributed by atoms with Crippen molar-refractivity contribution < 1.29 is 23.9 Å². The van der Waals surface area contributed by atoms with Gasteiger partial charge in [0.25, 0.3) is 5.69 Å². The van der Waals surface area contributed by atoms with Gasteiger partial charge in [-0.15, -0.1) is 0 Å². The van der Waals surface area contributed by atoms with Crippen molar-refractivity contribution in [3.63, 3.8) is 0 Å². The molecule has 0 bridgehead atoms. The van der Waals surface area contributed by atoms with Crippen LogP contribution >= 0.6 is 0 Å². The van der Waals surface area contributed by atoms with E-state index in [1.807, 2.05) is 24.3 Å². The first-order valence-corrected chi connectivity index (χ1v) is 10.2. The predicted octanol–water partition coefficient (Wildman–Crippen LogP) is 4.97. The van der Waals surface area contributed by atoms with Gasteiger partial charge in [-0.3, -0.25) is 14.9 Å². The highest BCUT2D eigenvalue weighted by atomic mass is 16.6. The molecule has 0 saturated heterocycles. The lowest BCUT2D eigenvalue weighted by molar-refractivity contribution is -0.386. The zero-order valence-electron chi connectivity index (χ0n) is 18.1. The lowest BCUT2D eigenvalue weighted by atomic mass is 9.98. The maximum Gasteiger partial charge on any atom is 0.311 e. The highest BCUT2D eigenvalue weighted by Crippen LogP contribution is 2.39. The summed E-state index contributed by atoms with van der Waals surface area (Å²) in [4.78, 5) is 27.4. The summed E-state index contributed by atoms with van der Waals surface area (Å²) in [5, 5.41) is 12.6. The lowest BCUT2D eigenvalue weighted by Gasteiger charge is -2.21. The zero-order chi connectivity index (χ0) is 23.4. The quantitative estimate of drug-likeness (QED) is 0.233. The van der Waals surface area contributed by atoms with E-state index in [0.29, 0.717) is 17.1 Å². The molecule has 8 nitrogen and oxygen atoms in total. The number of esters is 1.